The third-order valence-electron chi connectivity index (χ3n) is 3.17. The van der Waals surface area contributed by atoms with E-state index in [1.807, 2.05) is 7.05 Å². The van der Waals surface area contributed by atoms with Gasteiger partial charge in [-0.05, 0) is 25.9 Å². The van der Waals surface area contributed by atoms with Gasteiger partial charge in [0.25, 0.3) is 0 Å². The molecule has 0 aromatic carbocycles. The summed E-state index contributed by atoms with van der Waals surface area (Å²) in [5.41, 5.74) is 0.485. The number of piperidine rings is 1. The summed E-state index contributed by atoms with van der Waals surface area (Å²) in [4.78, 5) is 13.1. The minimum atomic E-state index is -0.794. The Bertz CT molecular complexity index is 276. The van der Waals surface area contributed by atoms with E-state index in [1.165, 1.54) is 6.42 Å². The van der Waals surface area contributed by atoms with Crippen LogP contribution in [0.25, 0.3) is 0 Å². The number of carboxylic acids is 1. The molecule has 87 valence electrons. The smallest absolute Gasteiger partial charge is 0.170 e. The van der Waals surface area contributed by atoms with Crippen LogP contribution in [-0.2, 0) is 44.4 Å². The number of fused-ring (bicyclic) bond motifs is 2. The Hall–Kier alpha value is 1.49. The number of hydrogen-bond acceptors (Lipinski definition) is 2. The minimum Gasteiger partial charge on any atom is -0.562 e. The van der Waals surface area contributed by atoms with Crippen LogP contribution in [0.5, 0.6) is 0 Å². The zero-order chi connectivity index (χ0) is 9.42. The van der Waals surface area contributed by atoms with Crippen molar-refractivity contribution in [2.24, 2.45) is 0 Å². The Labute approximate surface area is 146 Å². The molecule has 0 spiro atoms. The van der Waals surface area contributed by atoms with Crippen molar-refractivity contribution in [1.82, 2.24) is 4.90 Å². The van der Waals surface area contributed by atoms with Crippen LogP contribution < -0.4 is 0 Å². The predicted molar refractivity (Wildman–Crippen MR) is 48.2 cm³/mol. The molecule has 2 rings (SSSR count). The molecular formula is C10H14NO2UVW-. The number of aliphatic carboxylic acids is 1. The first-order valence-electron chi connectivity index (χ1n) is 4.76. The largest absolute Gasteiger partial charge is 0.562 e. The maximum atomic E-state index is 10.9. The van der Waals surface area contributed by atoms with Crippen LogP contribution in [0.2, 0.25) is 0 Å². The second-order valence-electron chi connectivity index (χ2n) is 3.87. The first-order chi connectivity index (χ1) is 6.20. The fraction of sp³-hybridized carbons (Fsp3) is 0.700. The topological polar surface area (TPSA) is 40.5 Å². The van der Waals surface area contributed by atoms with Crippen LogP contribution in [0.15, 0.2) is 5.57 Å². The number of hydrogen-bond donors (Lipinski definition) is 1. The summed E-state index contributed by atoms with van der Waals surface area (Å²) in [6.45, 7) is 0. The summed E-state index contributed by atoms with van der Waals surface area (Å²) in [5, 5.41) is 8.94. The molecule has 2 aliphatic heterocycles. The molecule has 1 fully saturated rings. The van der Waals surface area contributed by atoms with Gasteiger partial charge in [0, 0.05) is 76.8 Å². The molecule has 0 amide bonds. The molecule has 2 atom stereocenters. The van der Waals surface area contributed by atoms with Gasteiger partial charge in [0.2, 0.25) is 0 Å². The number of rotatable bonds is 1. The molecule has 2 unspecified atom stereocenters. The standard InChI is InChI=1S/C10H14NO2.U.V.W/c1-11-7-3-2-4-9(11)8(6-5-7)10(12)13;;;/h7,9H,2-5H2,1H3,(H,12,13);;;/q-1;;;. The van der Waals surface area contributed by atoms with Crippen molar-refractivity contribution in [2.45, 2.75) is 37.8 Å². The average molecular weight is 653 g/mol. The molecule has 0 aromatic heterocycles. The van der Waals surface area contributed by atoms with Crippen molar-refractivity contribution in [2.75, 3.05) is 7.05 Å². The van der Waals surface area contributed by atoms with Gasteiger partial charge in [-0.15, -0.1) is 5.57 Å². The second kappa shape index (κ2) is 8.57. The van der Waals surface area contributed by atoms with E-state index in [2.05, 4.69) is 11.0 Å². The van der Waals surface area contributed by atoms with E-state index >= 15 is 0 Å². The maximum Gasteiger partial charge on any atom is 0.170 e. The summed E-state index contributed by atoms with van der Waals surface area (Å²) < 4.78 is 0. The van der Waals surface area contributed by atoms with Crippen LogP contribution in [0, 0.1) is 37.2 Å². The predicted octanol–water partition coefficient (Wildman–Crippen LogP) is 1.05. The first-order valence-corrected chi connectivity index (χ1v) is 4.76. The molecule has 0 aromatic rings. The molecule has 1 N–H and O–H groups in total. The van der Waals surface area contributed by atoms with Crippen molar-refractivity contribution in [3.63, 3.8) is 0 Å². The Morgan fingerprint density at radius 2 is 2.12 bits per heavy atom. The van der Waals surface area contributed by atoms with Gasteiger partial charge in [0.1, 0.15) is 0 Å². The Morgan fingerprint density at radius 3 is 2.69 bits per heavy atom. The molecular weight excluding hydrogens is 639 g/mol. The third kappa shape index (κ3) is 4.01. The molecule has 2 aliphatic rings. The van der Waals surface area contributed by atoms with E-state index in [0.29, 0.717) is 11.6 Å². The van der Waals surface area contributed by atoms with E-state index in [9.17, 15) is 4.79 Å². The molecule has 1 radical (unpaired) electrons. The molecule has 1 saturated heterocycles. The summed E-state index contributed by atoms with van der Waals surface area (Å²) in [7, 11) is 2.03. The van der Waals surface area contributed by atoms with E-state index < -0.39 is 5.97 Å². The summed E-state index contributed by atoms with van der Waals surface area (Å²) >= 11 is 0. The second-order valence-corrected chi connectivity index (χ2v) is 3.87. The Morgan fingerprint density at radius 1 is 1.50 bits per heavy atom. The van der Waals surface area contributed by atoms with E-state index in [-0.39, 0.29) is 76.8 Å². The fourth-order valence-corrected chi connectivity index (χ4v) is 2.37. The molecule has 0 saturated carbocycles. The molecule has 6 heteroatoms. The van der Waals surface area contributed by atoms with E-state index in [0.717, 1.165) is 19.3 Å². The van der Waals surface area contributed by atoms with Gasteiger partial charge >= 0.3 is 0 Å². The van der Waals surface area contributed by atoms with Crippen LogP contribution in [0.3, 0.4) is 0 Å². The van der Waals surface area contributed by atoms with Crippen molar-refractivity contribution in [1.29, 1.82) is 0 Å². The number of carboxylic acid groups (broad SMARTS) is 1. The molecule has 2 bridgehead atoms. The number of likely N-dealkylation sites (N-methyl/N-ethyl adjacent to an activating group) is 1. The quantitative estimate of drug-likeness (QED) is 0.431. The van der Waals surface area contributed by atoms with Gasteiger partial charge < -0.3 is 14.8 Å². The van der Waals surface area contributed by atoms with Crippen LogP contribution in [0.1, 0.15) is 25.7 Å². The van der Waals surface area contributed by atoms with Gasteiger partial charge in [-0.3, -0.25) is 6.08 Å². The van der Waals surface area contributed by atoms with Crippen molar-refractivity contribution >= 4 is 5.97 Å². The first kappa shape index (κ1) is 19.8. The van der Waals surface area contributed by atoms with Crippen molar-refractivity contribution in [3.05, 3.63) is 11.6 Å². The van der Waals surface area contributed by atoms with Gasteiger partial charge in [-0.25, -0.2) is 0 Å². The summed E-state index contributed by atoms with van der Waals surface area (Å²) in [6, 6.07) is 0.645. The van der Waals surface area contributed by atoms with E-state index in [1.54, 1.807) is 0 Å². The fourth-order valence-electron chi connectivity index (χ4n) is 2.37. The van der Waals surface area contributed by atoms with Gasteiger partial charge in [-0.1, -0.05) is 12.8 Å². The maximum absolute atomic E-state index is 10.9. The van der Waals surface area contributed by atoms with Crippen LogP contribution in [-0.4, -0.2) is 35.1 Å². The van der Waals surface area contributed by atoms with Crippen LogP contribution in [0.4, 0.5) is 0 Å². The minimum absolute atomic E-state index is 0. The Balaban J connectivity index is 0. The Kier molecular flexibility index (Phi) is 10.6. The molecule has 0 aliphatic carbocycles. The third-order valence-corrected chi connectivity index (χ3v) is 3.17. The molecule has 3 nitrogen and oxygen atoms in total. The number of nitrogens with zero attached hydrogens (tertiary/aromatic N) is 1. The van der Waals surface area contributed by atoms with Gasteiger partial charge in [0.05, 0.1) is 0 Å². The average Bonchev–Trinajstić information content (AvgIpc) is 2.02. The monoisotopic (exact) mass is 653 g/mol. The SMILES string of the molecule is CN1C2C[C-]=C(C(=O)O)C1CCC2.[U].[V].[W]. The van der Waals surface area contributed by atoms with Crippen LogP contribution >= 0.6 is 0 Å². The van der Waals surface area contributed by atoms with Gasteiger partial charge in [-0.2, -0.15) is 0 Å². The normalized spacial score (nSPS) is 27.7. The molecule has 2 heterocycles. The van der Waals surface area contributed by atoms with Gasteiger partial charge in [0.15, 0.2) is 5.97 Å². The zero-order valence-electron chi connectivity index (χ0n) is 9.14. The van der Waals surface area contributed by atoms with Crippen molar-refractivity contribution < 1.29 is 80.6 Å². The summed E-state index contributed by atoms with van der Waals surface area (Å²) in [6.07, 6.45) is 7.12. The van der Waals surface area contributed by atoms with E-state index in [4.69, 9.17) is 5.11 Å². The van der Waals surface area contributed by atoms with Crippen molar-refractivity contribution in [3.8, 4) is 0 Å². The molecule has 16 heavy (non-hydrogen) atoms. The summed E-state index contributed by atoms with van der Waals surface area (Å²) in [5.74, 6) is -0.794. The number of carbonyl (C=O) groups is 1. The zero-order valence-corrected chi connectivity index (χ0v) is 17.6.